The number of hydrogen-bond donors (Lipinski definition) is 1. The van der Waals surface area contributed by atoms with E-state index in [0.29, 0.717) is 5.78 Å². The summed E-state index contributed by atoms with van der Waals surface area (Å²) in [5.74, 6) is 0.708. The summed E-state index contributed by atoms with van der Waals surface area (Å²) in [6.07, 6.45) is 5.89. The lowest BCUT2D eigenvalue weighted by Gasteiger charge is -2.08. The van der Waals surface area contributed by atoms with Gasteiger partial charge in [-0.3, -0.25) is 4.40 Å². The van der Waals surface area contributed by atoms with Crippen LogP contribution in [0.15, 0.2) is 17.0 Å². The minimum absolute atomic E-state index is 0.201. The fourth-order valence-electron chi connectivity index (χ4n) is 1.82. The van der Waals surface area contributed by atoms with Crippen LogP contribution in [0.5, 0.6) is 0 Å². The molecule has 0 unspecified atom stereocenters. The van der Waals surface area contributed by atoms with Gasteiger partial charge >= 0.3 is 0 Å². The van der Waals surface area contributed by atoms with Gasteiger partial charge in [0.25, 0.3) is 0 Å². The van der Waals surface area contributed by atoms with Gasteiger partial charge in [-0.25, -0.2) is 9.97 Å². The highest BCUT2D eigenvalue weighted by Crippen LogP contribution is 2.45. The highest BCUT2D eigenvalue weighted by Gasteiger charge is 2.44. The van der Waals surface area contributed by atoms with E-state index in [-0.39, 0.29) is 5.54 Å². The van der Waals surface area contributed by atoms with Crippen LogP contribution in [0.3, 0.4) is 0 Å². The molecule has 0 bridgehead atoms. The lowest BCUT2D eigenvalue weighted by atomic mass is 10.2. The summed E-state index contributed by atoms with van der Waals surface area (Å²) in [6, 6.07) is 0. The number of hydrogen-bond acceptors (Lipinski definition) is 3. The van der Waals surface area contributed by atoms with E-state index in [2.05, 4.69) is 25.9 Å². The van der Waals surface area contributed by atoms with Gasteiger partial charge in [-0.2, -0.15) is 0 Å². The fourth-order valence-corrected chi connectivity index (χ4v) is 2.57. The van der Waals surface area contributed by atoms with Gasteiger partial charge in [0.15, 0.2) is 0 Å². The largest absolute Gasteiger partial charge is 0.320 e. The molecule has 0 atom stereocenters. The van der Waals surface area contributed by atoms with Gasteiger partial charge in [0, 0.05) is 12.4 Å². The molecule has 5 heteroatoms. The minimum Gasteiger partial charge on any atom is -0.320 e. The molecule has 0 saturated heterocycles. The molecule has 78 valence electrons. The number of halogens is 1. The zero-order valence-electron chi connectivity index (χ0n) is 8.37. The summed E-state index contributed by atoms with van der Waals surface area (Å²) in [7, 11) is 0. The Morgan fingerprint density at radius 3 is 2.93 bits per heavy atom. The Morgan fingerprint density at radius 2 is 2.27 bits per heavy atom. The number of fused-ring (bicyclic) bond motifs is 1. The molecule has 1 aliphatic carbocycles. The first-order chi connectivity index (χ1) is 7.10. The van der Waals surface area contributed by atoms with Crippen molar-refractivity contribution in [2.75, 3.05) is 0 Å². The van der Waals surface area contributed by atoms with Crippen molar-refractivity contribution in [2.45, 2.75) is 25.3 Å². The fraction of sp³-hybridized carbons (Fsp3) is 0.400. The summed E-state index contributed by atoms with van der Waals surface area (Å²) in [6.45, 7) is 2.01. The van der Waals surface area contributed by atoms with E-state index < -0.39 is 0 Å². The lowest BCUT2D eigenvalue weighted by Crippen LogP contribution is -2.21. The van der Waals surface area contributed by atoms with Crippen LogP contribution in [0.25, 0.3) is 5.78 Å². The molecule has 0 aromatic carbocycles. The lowest BCUT2D eigenvalue weighted by molar-refractivity contribution is 0.692. The average molecular weight is 267 g/mol. The highest BCUT2D eigenvalue weighted by atomic mass is 79.9. The van der Waals surface area contributed by atoms with E-state index in [9.17, 15) is 0 Å². The molecule has 0 amide bonds. The topological polar surface area (TPSA) is 56.2 Å². The van der Waals surface area contributed by atoms with Crippen molar-refractivity contribution in [1.29, 1.82) is 0 Å². The molecule has 2 aromatic rings. The standard InChI is InChI=1S/C10H11BrN4/c1-6-4-13-9-14-8(11)7(15(9)5-6)10(12)2-3-10/h4-5H,2-3,12H2,1H3. The molecule has 1 saturated carbocycles. The Hall–Kier alpha value is -0.940. The van der Waals surface area contributed by atoms with Gasteiger partial charge < -0.3 is 5.73 Å². The first kappa shape index (κ1) is 9.30. The SMILES string of the molecule is Cc1cnc2nc(Br)c(C3(N)CC3)n2c1. The normalized spacial score (nSPS) is 18.3. The predicted octanol–water partition coefficient (Wildman–Crippen LogP) is 1.75. The van der Waals surface area contributed by atoms with Crippen molar-refractivity contribution in [1.82, 2.24) is 14.4 Å². The third kappa shape index (κ3) is 1.30. The van der Waals surface area contributed by atoms with Crippen molar-refractivity contribution in [3.05, 3.63) is 28.3 Å². The summed E-state index contributed by atoms with van der Waals surface area (Å²) in [4.78, 5) is 8.62. The Morgan fingerprint density at radius 1 is 1.53 bits per heavy atom. The summed E-state index contributed by atoms with van der Waals surface area (Å²) < 4.78 is 2.81. The van der Waals surface area contributed by atoms with E-state index in [0.717, 1.165) is 28.7 Å². The Kier molecular flexibility index (Phi) is 1.73. The molecular formula is C10H11BrN4. The molecular weight excluding hydrogens is 256 g/mol. The van der Waals surface area contributed by atoms with E-state index in [1.807, 2.05) is 23.7 Å². The molecule has 3 rings (SSSR count). The summed E-state index contributed by atoms with van der Waals surface area (Å²) >= 11 is 3.46. The van der Waals surface area contributed by atoms with Crippen molar-refractivity contribution in [2.24, 2.45) is 5.73 Å². The van der Waals surface area contributed by atoms with Crippen LogP contribution in [0.2, 0.25) is 0 Å². The number of nitrogens with two attached hydrogens (primary N) is 1. The number of imidazole rings is 1. The van der Waals surface area contributed by atoms with Gasteiger partial charge in [-0.15, -0.1) is 0 Å². The number of aryl methyl sites for hydroxylation is 1. The molecule has 4 nitrogen and oxygen atoms in total. The molecule has 2 N–H and O–H groups in total. The van der Waals surface area contributed by atoms with Gasteiger partial charge in [-0.05, 0) is 41.3 Å². The van der Waals surface area contributed by atoms with Gasteiger partial charge in [0.05, 0.1) is 11.2 Å². The third-order valence-electron chi connectivity index (χ3n) is 2.83. The molecule has 1 fully saturated rings. The molecule has 0 aliphatic heterocycles. The highest BCUT2D eigenvalue weighted by molar-refractivity contribution is 9.10. The maximum Gasteiger partial charge on any atom is 0.235 e. The van der Waals surface area contributed by atoms with Crippen molar-refractivity contribution >= 4 is 21.7 Å². The second-order valence-electron chi connectivity index (χ2n) is 4.21. The maximum atomic E-state index is 6.21. The maximum absolute atomic E-state index is 6.21. The minimum atomic E-state index is -0.201. The number of rotatable bonds is 1. The van der Waals surface area contributed by atoms with Gasteiger partial charge in [-0.1, -0.05) is 0 Å². The Labute approximate surface area is 95.7 Å². The molecule has 0 spiro atoms. The Balaban J connectivity index is 2.35. The first-order valence-corrected chi connectivity index (χ1v) is 5.69. The monoisotopic (exact) mass is 266 g/mol. The zero-order chi connectivity index (χ0) is 10.6. The van der Waals surface area contributed by atoms with Gasteiger partial charge in [0.1, 0.15) is 4.60 Å². The number of nitrogens with zero attached hydrogens (tertiary/aromatic N) is 3. The van der Waals surface area contributed by atoms with Crippen LogP contribution in [-0.2, 0) is 5.54 Å². The quantitative estimate of drug-likeness (QED) is 0.856. The average Bonchev–Trinajstić information content (AvgIpc) is 2.80. The molecule has 15 heavy (non-hydrogen) atoms. The second-order valence-corrected chi connectivity index (χ2v) is 4.96. The smallest absolute Gasteiger partial charge is 0.235 e. The van der Waals surface area contributed by atoms with Crippen LogP contribution in [0, 0.1) is 6.92 Å². The van der Waals surface area contributed by atoms with Crippen molar-refractivity contribution in [3.8, 4) is 0 Å². The number of aromatic nitrogens is 3. The van der Waals surface area contributed by atoms with E-state index >= 15 is 0 Å². The molecule has 0 radical (unpaired) electrons. The van der Waals surface area contributed by atoms with Crippen LogP contribution >= 0.6 is 15.9 Å². The molecule has 2 aromatic heterocycles. The van der Waals surface area contributed by atoms with Crippen molar-refractivity contribution < 1.29 is 0 Å². The first-order valence-electron chi connectivity index (χ1n) is 4.90. The van der Waals surface area contributed by atoms with Crippen molar-refractivity contribution in [3.63, 3.8) is 0 Å². The third-order valence-corrected chi connectivity index (χ3v) is 3.38. The second kappa shape index (κ2) is 2.80. The zero-order valence-corrected chi connectivity index (χ0v) is 9.95. The summed E-state index contributed by atoms with van der Waals surface area (Å²) in [5.41, 5.74) is 8.17. The van der Waals surface area contributed by atoms with Gasteiger partial charge in [0.2, 0.25) is 5.78 Å². The van der Waals surface area contributed by atoms with E-state index in [1.54, 1.807) is 0 Å². The van der Waals surface area contributed by atoms with Crippen LogP contribution in [0.4, 0.5) is 0 Å². The van der Waals surface area contributed by atoms with Crippen LogP contribution < -0.4 is 5.73 Å². The molecule has 1 aliphatic rings. The Bertz CT molecular complexity index is 542. The van der Waals surface area contributed by atoms with E-state index in [1.165, 1.54) is 0 Å². The van der Waals surface area contributed by atoms with E-state index in [4.69, 9.17) is 5.73 Å². The molecule has 2 heterocycles. The predicted molar refractivity (Wildman–Crippen MR) is 60.5 cm³/mol. The van der Waals surface area contributed by atoms with Crippen LogP contribution in [0.1, 0.15) is 24.1 Å². The van der Waals surface area contributed by atoms with Crippen LogP contribution in [-0.4, -0.2) is 14.4 Å². The summed E-state index contributed by atoms with van der Waals surface area (Å²) in [5, 5.41) is 0.